The maximum Gasteiger partial charge on any atom is 0.573 e. The quantitative estimate of drug-likeness (QED) is 0.909. The Bertz CT molecular complexity index is 647. The molecule has 19 heavy (non-hydrogen) atoms. The molecule has 1 aromatic carbocycles. The molecule has 6 heteroatoms. The van der Waals surface area contributed by atoms with Gasteiger partial charge in [-0.1, -0.05) is 12.1 Å². The van der Waals surface area contributed by atoms with Crippen LogP contribution in [0.1, 0.15) is 5.69 Å². The van der Waals surface area contributed by atoms with E-state index in [1.165, 1.54) is 24.3 Å². The Hall–Kier alpha value is -2.24. The van der Waals surface area contributed by atoms with Gasteiger partial charge in [0.15, 0.2) is 0 Å². The first-order chi connectivity index (χ1) is 8.83. The average molecular weight is 269 g/mol. The number of aromatic amines is 1. The molecule has 0 unspecified atom stereocenters. The lowest BCUT2D eigenvalue weighted by atomic mass is 10.1. The molecule has 1 heterocycles. The lowest BCUT2D eigenvalue weighted by Gasteiger charge is -2.10. The third-order valence-corrected chi connectivity index (χ3v) is 2.38. The SMILES string of the molecule is Cc1cc(-c2cccc(OC(F)(F)F)c2)cc(=O)[nH]1. The molecule has 3 nitrogen and oxygen atoms in total. The molecule has 0 saturated heterocycles. The minimum Gasteiger partial charge on any atom is -0.406 e. The van der Waals surface area contributed by atoms with E-state index >= 15 is 0 Å². The van der Waals surface area contributed by atoms with Crippen LogP contribution < -0.4 is 10.3 Å². The van der Waals surface area contributed by atoms with Crippen LogP contribution in [0.5, 0.6) is 5.75 Å². The predicted molar refractivity (Wildman–Crippen MR) is 63.9 cm³/mol. The number of benzene rings is 1. The molecule has 0 bridgehead atoms. The number of H-pyrrole nitrogens is 1. The molecule has 0 aliphatic rings. The largest absolute Gasteiger partial charge is 0.573 e. The highest BCUT2D eigenvalue weighted by Crippen LogP contribution is 2.27. The first-order valence-electron chi connectivity index (χ1n) is 5.41. The van der Waals surface area contributed by atoms with Crippen LogP contribution in [0.25, 0.3) is 11.1 Å². The third-order valence-electron chi connectivity index (χ3n) is 2.38. The topological polar surface area (TPSA) is 42.1 Å². The number of pyridine rings is 1. The van der Waals surface area contributed by atoms with Crippen LogP contribution >= 0.6 is 0 Å². The number of aromatic nitrogens is 1. The van der Waals surface area contributed by atoms with Gasteiger partial charge in [0.1, 0.15) is 5.75 Å². The number of aryl methyl sites for hydroxylation is 1. The Morgan fingerprint density at radius 2 is 1.84 bits per heavy atom. The monoisotopic (exact) mass is 269 g/mol. The van der Waals surface area contributed by atoms with Gasteiger partial charge in [-0.15, -0.1) is 13.2 Å². The molecule has 0 spiro atoms. The number of halogens is 3. The van der Waals surface area contributed by atoms with Gasteiger partial charge in [0.05, 0.1) is 0 Å². The predicted octanol–water partition coefficient (Wildman–Crippen LogP) is 3.25. The van der Waals surface area contributed by atoms with Crippen molar-refractivity contribution in [3.8, 4) is 16.9 Å². The Morgan fingerprint density at radius 1 is 1.11 bits per heavy atom. The second kappa shape index (κ2) is 4.79. The molecule has 0 amide bonds. The van der Waals surface area contributed by atoms with Crippen molar-refractivity contribution < 1.29 is 17.9 Å². The van der Waals surface area contributed by atoms with Crippen molar-refractivity contribution in [2.24, 2.45) is 0 Å². The summed E-state index contributed by atoms with van der Waals surface area (Å²) in [5, 5.41) is 0. The maximum absolute atomic E-state index is 12.1. The summed E-state index contributed by atoms with van der Waals surface area (Å²) < 4.78 is 40.2. The standard InChI is InChI=1S/C13H10F3NO2/c1-8-5-10(7-12(18)17-8)9-3-2-4-11(6-9)19-13(14,15)16/h2-7H,1H3,(H,17,18). The van der Waals surface area contributed by atoms with Crippen molar-refractivity contribution in [3.63, 3.8) is 0 Å². The Labute approximate surface area is 106 Å². The van der Waals surface area contributed by atoms with Gasteiger partial charge in [0.25, 0.3) is 0 Å². The van der Waals surface area contributed by atoms with E-state index in [1.807, 2.05) is 0 Å². The molecular weight excluding hydrogens is 259 g/mol. The summed E-state index contributed by atoms with van der Waals surface area (Å²) in [4.78, 5) is 13.9. The molecule has 100 valence electrons. The molecule has 2 aromatic rings. The number of alkyl halides is 3. The summed E-state index contributed by atoms with van der Waals surface area (Å²) in [5.41, 5.74) is 1.34. The van der Waals surface area contributed by atoms with E-state index in [9.17, 15) is 18.0 Å². The van der Waals surface area contributed by atoms with Crippen molar-refractivity contribution in [2.75, 3.05) is 0 Å². The fraction of sp³-hybridized carbons (Fsp3) is 0.154. The van der Waals surface area contributed by atoms with Gasteiger partial charge in [-0.2, -0.15) is 0 Å². The van der Waals surface area contributed by atoms with Gasteiger partial charge >= 0.3 is 6.36 Å². The average Bonchev–Trinajstić information content (AvgIpc) is 2.25. The number of rotatable bonds is 2. The summed E-state index contributed by atoms with van der Waals surface area (Å²) in [5.74, 6) is -0.317. The highest BCUT2D eigenvalue weighted by Gasteiger charge is 2.31. The number of hydrogen-bond acceptors (Lipinski definition) is 2. The summed E-state index contributed by atoms with van der Waals surface area (Å²) in [6, 6.07) is 8.48. The lowest BCUT2D eigenvalue weighted by molar-refractivity contribution is -0.274. The lowest BCUT2D eigenvalue weighted by Crippen LogP contribution is -2.17. The first-order valence-corrected chi connectivity index (χ1v) is 5.41. The highest BCUT2D eigenvalue weighted by atomic mass is 19.4. The van der Waals surface area contributed by atoms with Crippen molar-refractivity contribution in [1.82, 2.24) is 4.98 Å². The zero-order valence-electron chi connectivity index (χ0n) is 9.91. The van der Waals surface area contributed by atoms with Crippen LogP contribution in [0.4, 0.5) is 13.2 Å². The molecule has 0 aliphatic carbocycles. The zero-order chi connectivity index (χ0) is 14.0. The van der Waals surface area contributed by atoms with Crippen LogP contribution in [-0.4, -0.2) is 11.3 Å². The molecular formula is C13H10F3NO2. The minimum atomic E-state index is -4.73. The van der Waals surface area contributed by atoms with Crippen LogP contribution in [0.15, 0.2) is 41.2 Å². The molecule has 1 aromatic heterocycles. The second-order valence-electron chi connectivity index (χ2n) is 3.99. The van der Waals surface area contributed by atoms with Crippen LogP contribution in [0.3, 0.4) is 0 Å². The van der Waals surface area contributed by atoms with Crippen molar-refractivity contribution in [2.45, 2.75) is 13.3 Å². The van der Waals surface area contributed by atoms with E-state index < -0.39 is 6.36 Å². The zero-order valence-corrected chi connectivity index (χ0v) is 9.91. The molecule has 0 saturated carbocycles. The molecule has 0 aliphatic heterocycles. The van der Waals surface area contributed by atoms with Gasteiger partial charge in [-0.25, -0.2) is 0 Å². The van der Waals surface area contributed by atoms with Gasteiger partial charge in [-0.3, -0.25) is 4.79 Å². The van der Waals surface area contributed by atoms with E-state index in [0.29, 0.717) is 16.8 Å². The second-order valence-corrected chi connectivity index (χ2v) is 3.99. The Balaban J connectivity index is 2.40. The first kappa shape index (κ1) is 13.2. The normalized spacial score (nSPS) is 11.4. The van der Waals surface area contributed by atoms with Crippen molar-refractivity contribution in [3.05, 3.63) is 52.4 Å². The molecule has 2 rings (SSSR count). The smallest absolute Gasteiger partial charge is 0.406 e. The summed E-state index contributed by atoms with van der Waals surface area (Å²) >= 11 is 0. The van der Waals surface area contributed by atoms with E-state index in [2.05, 4.69) is 9.72 Å². The number of nitrogens with one attached hydrogen (secondary N) is 1. The van der Waals surface area contributed by atoms with Crippen LogP contribution in [0.2, 0.25) is 0 Å². The molecule has 0 radical (unpaired) electrons. The fourth-order valence-electron chi connectivity index (χ4n) is 1.72. The maximum atomic E-state index is 12.1. The van der Waals surface area contributed by atoms with E-state index in [1.54, 1.807) is 19.1 Å². The fourth-order valence-corrected chi connectivity index (χ4v) is 1.72. The number of hydrogen-bond donors (Lipinski definition) is 1. The van der Waals surface area contributed by atoms with Gasteiger partial charge in [0, 0.05) is 11.8 Å². The van der Waals surface area contributed by atoms with Gasteiger partial charge in [0.2, 0.25) is 5.56 Å². The molecule has 1 N–H and O–H groups in total. The van der Waals surface area contributed by atoms with E-state index in [4.69, 9.17) is 0 Å². The summed E-state index contributed by atoms with van der Waals surface area (Å²) in [7, 11) is 0. The van der Waals surface area contributed by atoms with Crippen LogP contribution in [-0.2, 0) is 0 Å². The molecule has 0 atom stereocenters. The number of ether oxygens (including phenoxy) is 1. The van der Waals surface area contributed by atoms with Gasteiger partial charge < -0.3 is 9.72 Å². The Morgan fingerprint density at radius 3 is 2.47 bits per heavy atom. The third kappa shape index (κ3) is 3.61. The van der Waals surface area contributed by atoms with E-state index in [-0.39, 0.29) is 11.3 Å². The van der Waals surface area contributed by atoms with Crippen molar-refractivity contribution >= 4 is 0 Å². The minimum absolute atomic E-state index is 0.308. The van der Waals surface area contributed by atoms with E-state index in [0.717, 1.165) is 0 Å². The van der Waals surface area contributed by atoms with Crippen LogP contribution in [0, 0.1) is 6.92 Å². The Kier molecular flexibility index (Phi) is 3.33. The summed E-state index contributed by atoms with van der Waals surface area (Å²) in [6.07, 6.45) is -4.73. The molecule has 0 fully saturated rings. The summed E-state index contributed by atoms with van der Waals surface area (Å²) in [6.45, 7) is 1.70. The van der Waals surface area contributed by atoms with Gasteiger partial charge in [-0.05, 0) is 36.2 Å². The highest BCUT2D eigenvalue weighted by molar-refractivity contribution is 5.65. The van der Waals surface area contributed by atoms with Crippen molar-refractivity contribution in [1.29, 1.82) is 0 Å².